The molecule has 0 heterocycles. The molecule has 1 rings (SSSR count). The first-order valence-corrected chi connectivity index (χ1v) is 5.53. The third-order valence-corrected chi connectivity index (χ3v) is 2.36. The predicted octanol–water partition coefficient (Wildman–Crippen LogP) is 3.00. The number of anilines is 1. The molecule has 0 saturated carbocycles. The number of halogens is 3. The molecule has 0 aliphatic rings. The zero-order valence-electron chi connectivity index (χ0n) is 10.8. The van der Waals surface area contributed by atoms with Crippen molar-refractivity contribution in [3.05, 3.63) is 24.3 Å². The molecule has 0 aliphatic carbocycles. The average molecular weight is 279 g/mol. The second-order valence-corrected chi connectivity index (χ2v) is 3.84. The molecule has 1 aromatic rings. The second-order valence-electron chi connectivity index (χ2n) is 3.84. The van der Waals surface area contributed by atoms with Gasteiger partial charge >= 0.3 is 6.36 Å². The fourth-order valence-corrected chi connectivity index (χ4v) is 1.59. The van der Waals surface area contributed by atoms with Crippen molar-refractivity contribution >= 4 is 5.69 Å². The molecule has 0 radical (unpaired) electrons. The van der Waals surface area contributed by atoms with Crippen LogP contribution in [0.1, 0.15) is 6.92 Å². The van der Waals surface area contributed by atoms with E-state index in [1.807, 2.05) is 6.92 Å². The molecule has 0 bridgehead atoms. The van der Waals surface area contributed by atoms with E-state index in [1.165, 1.54) is 38.5 Å². The van der Waals surface area contributed by atoms with Gasteiger partial charge in [-0.1, -0.05) is 0 Å². The molecule has 0 spiro atoms. The molecule has 1 atom stereocenters. The number of nitrogens with one attached hydrogen (secondary N) is 1. The monoisotopic (exact) mass is 279 g/mol. The first kappa shape index (κ1) is 15.6. The van der Waals surface area contributed by atoms with Gasteiger partial charge in [-0.3, -0.25) is 0 Å². The molecule has 0 aliphatic heterocycles. The van der Waals surface area contributed by atoms with Gasteiger partial charge in [0.25, 0.3) is 0 Å². The highest BCUT2D eigenvalue weighted by molar-refractivity contribution is 5.47. The van der Waals surface area contributed by atoms with Crippen LogP contribution in [0.25, 0.3) is 0 Å². The van der Waals surface area contributed by atoms with E-state index in [1.54, 1.807) is 0 Å². The van der Waals surface area contributed by atoms with E-state index in [0.717, 1.165) is 0 Å². The van der Waals surface area contributed by atoms with Crippen LogP contribution in [0.4, 0.5) is 18.9 Å². The number of alkyl halides is 3. The number of benzene rings is 1. The van der Waals surface area contributed by atoms with Crippen molar-refractivity contribution in [3.63, 3.8) is 0 Å². The van der Waals surface area contributed by atoms with Crippen LogP contribution in [0.3, 0.4) is 0 Å². The molecular weight excluding hydrogens is 263 g/mol. The van der Waals surface area contributed by atoms with E-state index in [9.17, 15) is 13.2 Å². The van der Waals surface area contributed by atoms with Crippen LogP contribution in [0.15, 0.2) is 24.3 Å². The van der Waals surface area contributed by atoms with Crippen molar-refractivity contribution in [1.29, 1.82) is 0 Å². The largest absolute Gasteiger partial charge is 0.573 e. The maximum Gasteiger partial charge on any atom is 0.573 e. The van der Waals surface area contributed by atoms with Crippen molar-refractivity contribution < 1.29 is 27.4 Å². The number of methoxy groups -OCH3 is 2. The van der Waals surface area contributed by atoms with Crippen molar-refractivity contribution in [2.24, 2.45) is 0 Å². The Balaban J connectivity index is 2.62. The summed E-state index contributed by atoms with van der Waals surface area (Å²) in [7, 11) is 3.01. The quantitative estimate of drug-likeness (QED) is 0.813. The Kier molecular flexibility index (Phi) is 5.44. The topological polar surface area (TPSA) is 39.7 Å². The van der Waals surface area contributed by atoms with Crippen LogP contribution in [-0.4, -0.2) is 32.9 Å². The van der Waals surface area contributed by atoms with Crippen LogP contribution in [0.2, 0.25) is 0 Å². The lowest BCUT2D eigenvalue weighted by Crippen LogP contribution is -2.33. The third-order valence-electron chi connectivity index (χ3n) is 2.36. The van der Waals surface area contributed by atoms with Gasteiger partial charge in [0, 0.05) is 19.9 Å². The molecule has 0 saturated heterocycles. The molecule has 1 aromatic carbocycles. The van der Waals surface area contributed by atoms with Gasteiger partial charge in [0.05, 0.1) is 6.04 Å². The summed E-state index contributed by atoms with van der Waals surface area (Å²) in [6, 6.07) is 5.28. The van der Waals surface area contributed by atoms with Crippen molar-refractivity contribution in [2.75, 3.05) is 19.5 Å². The molecule has 1 unspecified atom stereocenters. The van der Waals surface area contributed by atoms with Crippen LogP contribution in [0.5, 0.6) is 5.75 Å². The van der Waals surface area contributed by atoms with Gasteiger partial charge in [-0.25, -0.2) is 0 Å². The Hall–Kier alpha value is -1.47. The normalized spacial score (nSPS) is 13.4. The SMILES string of the molecule is COC(OC)C(C)Nc1ccc(OC(F)(F)F)cc1. The van der Waals surface area contributed by atoms with Crippen LogP contribution in [0, 0.1) is 0 Å². The minimum atomic E-state index is -4.68. The van der Waals surface area contributed by atoms with Crippen LogP contribution >= 0.6 is 0 Å². The highest BCUT2D eigenvalue weighted by Crippen LogP contribution is 2.24. The van der Waals surface area contributed by atoms with Gasteiger partial charge in [-0.2, -0.15) is 0 Å². The molecule has 7 heteroatoms. The average Bonchev–Trinajstić information content (AvgIpc) is 2.31. The molecule has 0 aromatic heterocycles. The summed E-state index contributed by atoms with van der Waals surface area (Å²) in [5, 5.41) is 3.05. The second kappa shape index (κ2) is 6.63. The summed E-state index contributed by atoms with van der Waals surface area (Å²) >= 11 is 0. The van der Waals surface area contributed by atoms with Gasteiger partial charge in [0.1, 0.15) is 5.75 Å². The first-order valence-electron chi connectivity index (χ1n) is 5.53. The zero-order chi connectivity index (χ0) is 14.5. The van der Waals surface area contributed by atoms with E-state index < -0.39 is 12.7 Å². The molecule has 19 heavy (non-hydrogen) atoms. The lowest BCUT2D eigenvalue weighted by Gasteiger charge is -2.23. The third kappa shape index (κ3) is 5.35. The highest BCUT2D eigenvalue weighted by Gasteiger charge is 2.30. The van der Waals surface area contributed by atoms with Crippen molar-refractivity contribution in [2.45, 2.75) is 25.6 Å². The number of hydrogen-bond acceptors (Lipinski definition) is 4. The van der Waals surface area contributed by atoms with Crippen LogP contribution < -0.4 is 10.1 Å². The molecule has 1 N–H and O–H groups in total. The molecular formula is C12H16F3NO3. The van der Waals surface area contributed by atoms with Crippen LogP contribution in [-0.2, 0) is 9.47 Å². The molecule has 0 fully saturated rings. The minimum Gasteiger partial charge on any atom is -0.406 e. The Morgan fingerprint density at radius 2 is 1.58 bits per heavy atom. The standard InChI is InChI=1S/C12H16F3NO3/c1-8(11(17-2)18-3)16-9-4-6-10(7-5-9)19-12(13,14)15/h4-8,11,16H,1-3H3. The molecule has 0 amide bonds. The summed E-state index contributed by atoms with van der Waals surface area (Å²) in [4.78, 5) is 0. The fraction of sp³-hybridized carbons (Fsp3) is 0.500. The maximum atomic E-state index is 12.0. The zero-order valence-corrected chi connectivity index (χ0v) is 10.8. The highest BCUT2D eigenvalue weighted by atomic mass is 19.4. The number of rotatable bonds is 6. The fourth-order valence-electron chi connectivity index (χ4n) is 1.59. The predicted molar refractivity (Wildman–Crippen MR) is 64.0 cm³/mol. The van der Waals surface area contributed by atoms with Gasteiger partial charge in [0.15, 0.2) is 6.29 Å². The Morgan fingerprint density at radius 1 is 1.05 bits per heavy atom. The van der Waals surface area contributed by atoms with E-state index in [-0.39, 0.29) is 11.8 Å². The summed E-state index contributed by atoms with van der Waals surface area (Å²) in [5.74, 6) is -0.263. The minimum absolute atomic E-state index is 0.163. The number of hydrogen-bond donors (Lipinski definition) is 1. The maximum absolute atomic E-state index is 12.0. The van der Waals surface area contributed by atoms with E-state index in [0.29, 0.717) is 5.69 Å². The smallest absolute Gasteiger partial charge is 0.406 e. The lowest BCUT2D eigenvalue weighted by atomic mass is 10.2. The van der Waals surface area contributed by atoms with Gasteiger partial charge in [-0.05, 0) is 31.2 Å². The van der Waals surface area contributed by atoms with E-state index >= 15 is 0 Å². The van der Waals surface area contributed by atoms with E-state index in [4.69, 9.17) is 9.47 Å². The summed E-state index contributed by atoms with van der Waals surface area (Å²) in [6.07, 6.45) is -5.13. The molecule has 108 valence electrons. The first-order chi connectivity index (χ1) is 8.85. The van der Waals surface area contributed by atoms with Crippen molar-refractivity contribution in [3.8, 4) is 5.75 Å². The van der Waals surface area contributed by atoms with Gasteiger partial charge in [0.2, 0.25) is 0 Å². The van der Waals surface area contributed by atoms with Gasteiger partial charge < -0.3 is 19.5 Å². The summed E-state index contributed by atoms with van der Waals surface area (Å²) < 4.78 is 49.8. The Labute approximate surface area is 109 Å². The van der Waals surface area contributed by atoms with Crippen molar-refractivity contribution in [1.82, 2.24) is 0 Å². The number of ether oxygens (including phenoxy) is 3. The van der Waals surface area contributed by atoms with Gasteiger partial charge in [-0.15, -0.1) is 13.2 Å². The van der Waals surface area contributed by atoms with E-state index in [2.05, 4.69) is 10.1 Å². The molecule has 4 nitrogen and oxygen atoms in total. The summed E-state index contributed by atoms with van der Waals surface area (Å²) in [6.45, 7) is 1.83. The Bertz CT molecular complexity index is 377. The summed E-state index contributed by atoms with van der Waals surface area (Å²) in [5.41, 5.74) is 0.640. The Morgan fingerprint density at radius 3 is 2.00 bits per heavy atom. The lowest BCUT2D eigenvalue weighted by molar-refractivity contribution is -0.274.